The van der Waals surface area contributed by atoms with E-state index in [0.29, 0.717) is 6.61 Å². The molecule has 0 aliphatic heterocycles. The SMILES string of the molecule is COCCn1ncc(Br)c1C(N)CCC1CCCCC1. The average Bonchev–Trinajstić information content (AvgIpc) is 2.84. The van der Waals surface area contributed by atoms with Crippen LogP contribution in [0.2, 0.25) is 0 Å². The molecule has 1 aromatic heterocycles. The molecule has 1 aromatic rings. The molecule has 20 heavy (non-hydrogen) atoms. The number of hydrogen-bond donors (Lipinski definition) is 1. The lowest BCUT2D eigenvalue weighted by atomic mass is 9.85. The molecule has 1 heterocycles. The van der Waals surface area contributed by atoms with E-state index >= 15 is 0 Å². The van der Waals surface area contributed by atoms with Gasteiger partial charge in [-0.05, 0) is 34.7 Å². The van der Waals surface area contributed by atoms with Crippen LogP contribution in [0.4, 0.5) is 0 Å². The highest BCUT2D eigenvalue weighted by atomic mass is 79.9. The Kier molecular flexibility index (Phi) is 6.52. The number of nitrogens with zero attached hydrogens (tertiary/aromatic N) is 2. The summed E-state index contributed by atoms with van der Waals surface area (Å²) in [5.74, 6) is 0.879. The summed E-state index contributed by atoms with van der Waals surface area (Å²) in [7, 11) is 1.71. The van der Waals surface area contributed by atoms with Crippen LogP contribution in [-0.2, 0) is 11.3 Å². The molecule has 0 saturated heterocycles. The van der Waals surface area contributed by atoms with E-state index in [2.05, 4.69) is 21.0 Å². The van der Waals surface area contributed by atoms with Gasteiger partial charge in [0.05, 0.1) is 29.5 Å². The third-order valence-corrected chi connectivity index (χ3v) is 4.91. The normalized spacial score (nSPS) is 18.4. The quantitative estimate of drug-likeness (QED) is 0.821. The molecule has 2 rings (SSSR count). The summed E-state index contributed by atoms with van der Waals surface area (Å²) in [6.45, 7) is 1.42. The Morgan fingerprint density at radius 3 is 2.90 bits per heavy atom. The summed E-state index contributed by atoms with van der Waals surface area (Å²) in [4.78, 5) is 0. The van der Waals surface area contributed by atoms with Crippen molar-refractivity contribution in [2.24, 2.45) is 11.7 Å². The first-order valence-corrected chi connectivity index (χ1v) is 8.47. The molecular formula is C15H26BrN3O. The number of ether oxygens (including phenoxy) is 1. The van der Waals surface area contributed by atoms with E-state index in [-0.39, 0.29) is 6.04 Å². The van der Waals surface area contributed by atoms with Crippen LogP contribution < -0.4 is 5.73 Å². The first kappa shape index (κ1) is 16.0. The molecule has 4 nitrogen and oxygen atoms in total. The molecule has 0 aromatic carbocycles. The molecule has 1 saturated carbocycles. The Morgan fingerprint density at radius 1 is 1.45 bits per heavy atom. The Hall–Kier alpha value is -0.390. The maximum absolute atomic E-state index is 6.40. The lowest BCUT2D eigenvalue weighted by molar-refractivity contribution is 0.181. The second kappa shape index (κ2) is 8.15. The van der Waals surface area contributed by atoms with Crippen molar-refractivity contribution < 1.29 is 4.74 Å². The van der Waals surface area contributed by atoms with E-state index in [1.54, 1.807) is 7.11 Å². The van der Waals surface area contributed by atoms with Gasteiger partial charge >= 0.3 is 0 Å². The van der Waals surface area contributed by atoms with Gasteiger partial charge in [0.25, 0.3) is 0 Å². The fourth-order valence-electron chi connectivity index (χ4n) is 3.12. The number of rotatable bonds is 7. The lowest BCUT2D eigenvalue weighted by Crippen LogP contribution is -2.20. The number of methoxy groups -OCH3 is 1. The molecular weight excluding hydrogens is 318 g/mol. The molecule has 0 radical (unpaired) electrons. The maximum Gasteiger partial charge on any atom is 0.0694 e. The second-order valence-corrected chi connectivity index (χ2v) is 6.64. The highest BCUT2D eigenvalue weighted by Crippen LogP contribution is 2.31. The maximum atomic E-state index is 6.40. The number of halogens is 1. The van der Waals surface area contributed by atoms with Crippen LogP contribution in [-0.4, -0.2) is 23.5 Å². The zero-order valence-electron chi connectivity index (χ0n) is 12.4. The van der Waals surface area contributed by atoms with E-state index in [9.17, 15) is 0 Å². The van der Waals surface area contributed by atoms with Gasteiger partial charge in [-0.25, -0.2) is 0 Å². The Bertz CT molecular complexity index is 402. The van der Waals surface area contributed by atoms with Crippen LogP contribution in [0.1, 0.15) is 56.7 Å². The minimum Gasteiger partial charge on any atom is -0.383 e. The van der Waals surface area contributed by atoms with Gasteiger partial charge in [0.1, 0.15) is 0 Å². The minimum atomic E-state index is 0.0608. The van der Waals surface area contributed by atoms with E-state index in [4.69, 9.17) is 10.5 Å². The van der Waals surface area contributed by atoms with Crippen molar-refractivity contribution in [2.45, 2.75) is 57.5 Å². The van der Waals surface area contributed by atoms with Gasteiger partial charge in [-0.3, -0.25) is 4.68 Å². The summed E-state index contributed by atoms with van der Waals surface area (Å²) in [6.07, 6.45) is 11.1. The molecule has 0 bridgehead atoms. The van der Waals surface area contributed by atoms with E-state index in [1.165, 1.54) is 38.5 Å². The minimum absolute atomic E-state index is 0.0608. The average molecular weight is 344 g/mol. The summed E-state index contributed by atoms with van der Waals surface area (Å²) in [5, 5.41) is 4.38. The third-order valence-electron chi connectivity index (χ3n) is 4.30. The van der Waals surface area contributed by atoms with Crippen molar-refractivity contribution in [1.82, 2.24) is 9.78 Å². The summed E-state index contributed by atoms with van der Waals surface area (Å²) < 4.78 is 8.12. The van der Waals surface area contributed by atoms with Crippen molar-refractivity contribution in [2.75, 3.05) is 13.7 Å². The standard InChI is InChI=1S/C15H26BrN3O/c1-20-10-9-19-15(13(16)11-18-19)14(17)8-7-12-5-3-2-4-6-12/h11-12,14H,2-10,17H2,1H3. The second-order valence-electron chi connectivity index (χ2n) is 5.78. The van der Waals surface area contributed by atoms with Crippen molar-refractivity contribution in [3.63, 3.8) is 0 Å². The smallest absolute Gasteiger partial charge is 0.0694 e. The van der Waals surface area contributed by atoms with E-state index in [0.717, 1.165) is 29.1 Å². The topological polar surface area (TPSA) is 53.1 Å². The molecule has 1 fully saturated rings. The molecule has 2 N–H and O–H groups in total. The number of hydrogen-bond acceptors (Lipinski definition) is 3. The number of nitrogens with two attached hydrogens (primary N) is 1. The molecule has 5 heteroatoms. The first-order valence-electron chi connectivity index (χ1n) is 7.68. The third kappa shape index (κ3) is 4.30. The predicted molar refractivity (Wildman–Crippen MR) is 84.5 cm³/mol. The van der Waals surface area contributed by atoms with Crippen molar-refractivity contribution >= 4 is 15.9 Å². The van der Waals surface area contributed by atoms with Gasteiger partial charge in [0.15, 0.2) is 0 Å². The van der Waals surface area contributed by atoms with Gasteiger partial charge in [-0.1, -0.05) is 32.1 Å². The lowest BCUT2D eigenvalue weighted by Gasteiger charge is -2.23. The Labute approximate surface area is 130 Å². The highest BCUT2D eigenvalue weighted by Gasteiger charge is 2.19. The van der Waals surface area contributed by atoms with Crippen LogP contribution in [0.25, 0.3) is 0 Å². The predicted octanol–water partition coefficient (Wildman–Crippen LogP) is 3.65. The van der Waals surface area contributed by atoms with Crippen LogP contribution in [0, 0.1) is 5.92 Å². The largest absolute Gasteiger partial charge is 0.383 e. The van der Waals surface area contributed by atoms with Crippen LogP contribution in [0.15, 0.2) is 10.7 Å². The monoisotopic (exact) mass is 343 g/mol. The number of aromatic nitrogens is 2. The molecule has 0 spiro atoms. The zero-order valence-corrected chi connectivity index (χ0v) is 13.9. The zero-order chi connectivity index (χ0) is 14.4. The molecule has 1 unspecified atom stereocenters. The van der Waals surface area contributed by atoms with E-state index < -0.39 is 0 Å². The van der Waals surface area contributed by atoms with Gasteiger partial charge < -0.3 is 10.5 Å². The van der Waals surface area contributed by atoms with E-state index in [1.807, 2.05) is 10.9 Å². The summed E-state index contributed by atoms with van der Waals surface area (Å²) in [6, 6.07) is 0.0608. The molecule has 0 amide bonds. The molecule has 114 valence electrons. The van der Waals surface area contributed by atoms with Gasteiger partial charge in [0.2, 0.25) is 0 Å². The van der Waals surface area contributed by atoms with Crippen molar-refractivity contribution in [3.05, 3.63) is 16.4 Å². The fourth-order valence-corrected chi connectivity index (χ4v) is 3.71. The van der Waals surface area contributed by atoms with Crippen molar-refractivity contribution in [3.8, 4) is 0 Å². The Balaban J connectivity index is 1.90. The van der Waals surface area contributed by atoms with Gasteiger partial charge in [0, 0.05) is 13.2 Å². The van der Waals surface area contributed by atoms with Gasteiger partial charge in [-0.15, -0.1) is 0 Å². The van der Waals surface area contributed by atoms with Crippen molar-refractivity contribution in [1.29, 1.82) is 0 Å². The van der Waals surface area contributed by atoms with Crippen LogP contribution >= 0.6 is 15.9 Å². The summed E-state index contributed by atoms with van der Waals surface area (Å²) >= 11 is 3.57. The summed E-state index contributed by atoms with van der Waals surface area (Å²) in [5.41, 5.74) is 7.51. The van der Waals surface area contributed by atoms with Gasteiger partial charge in [-0.2, -0.15) is 5.10 Å². The van der Waals surface area contributed by atoms with Crippen LogP contribution in [0.5, 0.6) is 0 Å². The first-order chi connectivity index (χ1) is 9.72. The molecule has 1 atom stereocenters. The molecule has 1 aliphatic carbocycles. The highest BCUT2D eigenvalue weighted by molar-refractivity contribution is 9.10. The van der Waals surface area contributed by atoms with Crippen LogP contribution in [0.3, 0.4) is 0 Å². The molecule has 1 aliphatic rings. The fraction of sp³-hybridized carbons (Fsp3) is 0.800. The Morgan fingerprint density at radius 2 is 2.20 bits per heavy atom.